The van der Waals surface area contributed by atoms with Gasteiger partial charge in [0, 0.05) is 32.6 Å². The third-order valence-corrected chi connectivity index (χ3v) is 15.5. The van der Waals surface area contributed by atoms with Gasteiger partial charge in [-0.05, 0) is 136 Å². The fourth-order valence-electron chi connectivity index (χ4n) is 12.3. The van der Waals surface area contributed by atoms with Gasteiger partial charge in [0.2, 0.25) is 5.91 Å². The molecule has 4 N–H and O–H groups in total. The van der Waals surface area contributed by atoms with Crippen LogP contribution < -0.4 is 16.4 Å². The predicted molar refractivity (Wildman–Crippen MR) is 230 cm³/mol. The molecule has 8 atom stereocenters. The molecule has 0 aliphatic heterocycles. The summed E-state index contributed by atoms with van der Waals surface area (Å²) in [6.45, 7) is 15.8. The first-order chi connectivity index (χ1) is 25.7. The van der Waals surface area contributed by atoms with Crippen molar-refractivity contribution in [1.82, 2.24) is 10.6 Å². The topological polar surface area (TPSA) is 67.2 Å². The maximum absolute atomic E-state index is 11.9. The summed E-state index contributed by atoms with van der Waals surface area (Å²) < 4.78 is 0. The minimum absolute atomic E-state index is 0.185. The molecule has 306 valence electrons. The van der Waals surface area contributed by atoms with E-state index in [0.29, 0.717) is 30.3 Å². The van der Waals surface area contributed by atoms with E-state index in [4.69, 9.17) is 5.73 Å². The highest BCUT2D eigenvalue weighted by molar-refractivity contribution is 5.75. The Morgan fingerprint density at radius 2 is 1.49 bits per heavy atom. The van der Waals surface area contributed by atoms with Gasteiger partial charge in [0.1, 0.15) is 0 Å². The van der Waals surface area contributed by atoms with E-state index in [1.165, 1.54) is 154 Å². The fourth-order valence-corrected chi connectivity index (χ4v) is 12.3. The molecule has 4 heteroatoms. The van der Waals surface area contributed by atoms with Gasteiger partial charge in [0.25, 0.3) is 0 Å². The zero-order chi connectivity index (χ0) is 37.9. The molecule has 0 radical (unpaired) electrons. The molecule has 0 heterocycles. The predicted octanol–water partition coefficient (Wildman–Crippen LogP) is 12.7. The van der Waals surface area contributed by atoms with Gasteiger partial charge >= 0.3 is 0 Å². The van der Waals surface area contributed by atoms with Crippen molar-refractivity contribution >= 4 is 5.91 Å². The van der Waals surface area contributed by atoms with Gasteiger partial charge in [0.05, 0.1) is 0 Å². The van der Waals surface area contributed by atoms with Crippen LogP contribution in [0.5, 0.6) is 0 Å². The minimum Gasteiger partial charge on any atom is -0.355 e. The van der Waals surface area contributed by atoms with Gasteiger partial charge < -0.3 is 16.4 Å². The number of allylic oxidation sites excluding steroid dienone is 4. The van der Waals surface area contributed by atoms with Crippen LogP contribution in [-0.2, 0) is 4.79 Å². The third kappa shape index (κ3) is 13.8. The lowest BCUT2D eigenvalue weighted by molar-refractivity contribution is -0.121. The Morgan fingerprint density at radius 3 is 2.21 bits per heavy atom. The Labute approximate surface area is 329 Å². The molecule has 4 unspecified atom stereocenters. The van der Waals surface area contributed by atoms with E-state index in [0.717, 1.165) is 60.9 Å². The Hall–Kier alpha value is -1.13. The molecular weight excluding hydrogens is 647 g/mol. The normalized spacial score (nSPS) is 30.2. The van der Waals surface area contributed by atoms with Gasteiger partial charge in [-0.1, -0.05) is 135 Å². The highest BCUT2D eigenvalue weighted by Gasteiger charge is 2.59. The molecule has 0 bridgehead atoms. The number of fused-ring (bicyclic) bond motifs is 5. The second kappa shape index (κ2) is 23.8. The van der Waals surface area contributed by atoms with E-state index in [1.807, 2.05) is 5.57 Å². The van der Waals surface area contributed by atoms with Crippen LogP contribution in [0.2, 0.25) is 0 Å². The lowest BCUT2D eigenvalue weighted by Crippen LogP contribution is -2.50. The highest BCUT2D eigenvalue weighted by Crippen LogP contribution is 2.67. The van der Waals surface area contributed by atoms with Gasteiger partial charge in [-0.25, -0.2) is 0 Å². The number of carbonyl (C=O) groups is 1. The van der Waals surface area contributed by atoms with E-state index in [-0.39, 0.29) is 5.91 Å². The summed E-state index contributed by atoms with van der Waals surface area (Å²) in [5.74, 6) is 6.81. The summed E-state index contributed by atoms with van der Waals surface area (Å²) in [6.07, 6.45) is 43.0. The summed E-state index contributed by atoms with van der Waals surface area (Å²) in [4.78, 5) is 11.9. The first-order valence-electron chi connectivity index (χ1n) is 23.7. The average molecular weight is 736 g/mol. The molecule has 4 aliphatic rings. The van der Waals surface area contributed by atoms with Crippen molar-refractivity contribution in [2.24, 2.45) is 58.0 Å². The van der Waals surface area contributed by atoms with Crippen LogP contribution in [-0.4, -0.2) is 32.1 Å². The van der Waals surface area contributed by atoms with Gasteiger partial charge in [-0.2, -0.15) is 0 Å². The van der Waals surface area contributed by atoms with Crippen molar-refractivity contribution < 1.29 is 4.79 Å². The maximum atomic E-state index is 11.9. The van der Waals surface area contributed by atoms with Crippen molar-refractivity contribution in [3.63, 3.8) is 0 Å². The second-order valence-electron chi connectivity index (χ2n) is 19.8. The zero-order valence-electron chi connectivity index (χ0n) is 36.0. The summed E-state index contributed by atoms with van der Waals surface area (Å²) in [5.41, 5.74) is 8.48. The van der Waals surface area contributed by atoms with E-state index in [1.54, 1.807) is 0 Å². The molecule has 0 aromatic rings. The zero-order valence-corrected chi connectivity index (χ0v) is 36.0. The number of unbranched alkanes of at least 4 members (excludes halogenated alkanes) is 11. The summed E-state index contributed by atoms with van der Waals surface area (Å²) in [5, 5.41) is 6.18. The number of carbonyl (C=O) groups excluding carboxylic acids is 1. The van der Waals surface area contributed by atoms with E-state index < -0.39 is 0 Å². The molecule has 4 aliphatic carbocycles. The molecule has 0 spiro atoms. The largest absolute Gasteiger partial charge is 0.355 e. The number of amides is 1. The van der Waals surface area contributed by atoms with Crippen LogP contribution in [0.25, 0.3) is 0 Å². The number of nitrogens with one attached hydrogen (secondary N) is 2. The van der Waals surface area contributed by atoms with Crippen LogP contribution in [0, 0.1) is 52.3 Å². The number of hydrogen-bond donors (Lipinski definition) is 3. The smallest absolute Gasteiger partial charge is 0.220 e. The van der Waals surface area contributed by atoms with Crippen LogP contribution in [0.3, 0.4) is 0 Å². The first kappa shape index (κ1) is 44.6. The first-order valence-corrected chi connectivity index (χ1v) is 23.7. The summed E-state index contributed by atoms with van der Waals surface area (Å²) >= 11 is 0. The van der Waals surface area contributed by atoms with Gasteiger partial charge in [-0.3, -0.25) is 4.79 Å². The van der Waals surface area contributed by atoms with Gasteiger partial charge in [0.15, 0.2) is 0 Å². The molecule has 4 rings (SSSR count). The van der Waals surface area contributed by atoms with Crippen LogP contribution in [0.1, 0.15) is 202 Å². The highest BCUT2D eigenvalue weighted by atomic mass is 16.1. The SMILES string of the molecule is CC(C)CCC[C@@H](C)[C@H]1CCC2C3CC=C4CC(CCCCCCCC/C=C\CCCCCCCC(=O)NCCNCCN)CC[C@]4(C)C3CC[C@@]21C. The van der Waals surface area contributed by atoms with E-state index in [9.17, 15) is 4.79 Å². The van der Waals surface area contributed by atoms with Crippen molar-refractivity contribution in [3.8, 4) is 0 Å². The molecule has 53 heavy (non-hydrogen) atoms. The molecule has 0 saturated heterocycles. The Bertz CT molecular complexity index is 1080. The standard InChI is InChI=1S/C49H89N3O/c1-39(2)22-21-23-40(3)44-28-29-45-43-27-26-42-38-41(30-32-48(42,4)46(43)31-33-49(44,45)5)24-19-17-15-13-11-9-7-6-8-10-12-14-16-18-20-25-47(53)52-37-36-51-35-34-50/h6,8,26,39-41,43-46,51H,7,9-25,27-38,50H2,1-5H3,(H,52,53)/b8-6-/t40-,41?,43?,44-,45?,46?,48+,49-/m1/s1. The molecule has 0 aromatic carbocycles. The van der Waals surface area contributed by atoms with Crippen molar-refractivity contribution in [3.05, 3.63) is 23.8 Å². The number of nitrogens with two attached hydrogens (primary N) is 1. The molecular formula is C49H89N3O. The fraction of sp³-hybridized carbons (Fsp3) is 0.898. The van der Waals surface area contributed by atoms with Gasteiger partial charge in [-0.15, -0.1) is 0 Å². The minimum atomic E-state index is 0.185. The molecule has 3 saturated carbocycles. The van der Waals surface area contributed by atoms with Crippen molar-refractivity contribution in [1.29, 1.82) is 0 Å². The Kier molecular flexibility index (Phi) is 20.0. The van der Waals surface area contributed by atoms with Crippen molar-refractivity contribution in [2.75, 3.05) is 26.2 Å². The van der Waals surface area contributed by atoms with Crippen LogP contribution >= 0.6 is 0 Å². The molecule has 1 amide bonds. The average Bonchev–Trinajstić information content (AvgIpc) is 3.50. The number of rotatable bonds is 27. The van der Waals surface area contributed by atoms with Crippen LogP contribution in [0.4, 0.5) is 0 Å². The van der Waals surface area contributed by atoms with E-state index >= 15 is 0 Å². The molecule has 3 fully saturated rings. The van der Waals surface area contributed by atoms with E-state index in [2.05, 4.69) is 63.5 Å². The van der Waals surface area contributed by atoms with Crippen LogP contribution in [0.15, 0.2) is 23.8 Å². The lowest BCUT2D eigenvalue weighted by Gasteiger charge is -2.58. The molecule has 0 aromatic heterocycles. The Morgan fingerprint density at radius 1 is 0.792 bits per heavy atom. The molecule has 4 nitrogen and oxygen atoms in total. The maximum Gasteiger partial charge on any atom is 0.220 e. The summed E-state index contributed by atoms with van der Waals surface area (Å²) in [7, 11) is 0. The summed E-state index contributed by atoms with van der Waals surface area (Å²) in [6, 6.07) is 0. The Balaban J connectivity index is 0.996. The third-order valence-electron chi connectivity index (χ3n) is 15.5. The lowest BCUT2D eigenvalue weighted by atomic mass is 9.46. The van der Waals surface area contributed by atoms with Crippen molar-refractivity contribution in [2.45, 2.75) is 202 Å². The second-order valence-corrected chi connectivity index (χ2v) is 19.8. The quantitative estimate of drug-likeness (QED) is 0.0581. The monoisotopic (exact) mass is 736 g/mol. The number of hydrogen-bond acceptors (Lipinski definition) is 3.